The second-order valence-electron chi connectivity index (χ2n) is 10.9. The number of hydrogen-bond acceptors (Lipinski definition) is 16. The Hall–Kier alpha value is -6.36. The Bertz CT molecular complexity index is 2450. The quantitative estimate of drug-likeness (QED) is 0.0508. The molecule has 61 heavy (non-hydrogen) atoms. The van der Waals surface area contributed by atoms with Crippen LogP contribution in [0.3, 0.4) is 0 Å². The molecule has 25 nitrogen and oxygen atoms in total. The number of nitrogens with zero attached hydrogens (tertiary/aromatic N) is 5. The molecule has 0 aliphatic heterocycles. The molecule has 332 valence electrons. The standard InChI is InChI=1S/C14H7ClF3NO5.C12H13ClN6O7S.C3H8NO5P/c15-10-5-7(14(16,17)18)1-4-12(10)24-8-2-3-11(19(22)23)9(6-8)13(20)21;1-19-9(7(10(20)21)8(13)17-19)27(23,24)18-12(22)16-11-14-5(25-2)4-6(15-11)26-3;5-3(6)1-4-2-10(7,8)9/h1-6H,(H,20,21);4H,1-3H3,(H,20,21)(H2,14,15,16,18,22);4H,1-2H2,(H,5,6)(H2,7,8,9). The number of nitro groups is 1. The number of hydrogen-bond donors (Lipinski definition) is 8. The van der Waals surface area contributed by atoms with Gasteiger partial charge in [-0.05, 0) is 24.3 Å². The molecule has 32 heteroatoms. The lowest BCUT2D eigenvalue weighted by molar-refractivity contribution is -0.385. The third-order valence-corrected chi connectivity index (χ3v) is 9.07. The first-order chi connectivity index (χ1) is 28.1. The first kappa shape index (κ1) is 50.8. The van der Waals surface area contributed by atoms with Gasteiger partial charge >= 0.3 is 37.7 Å². The number of sulfonamides is 1. The van der Waals surface area contributed by atoms with Crippen molar-refractivity contribution in [3.05, 3.63) is 79.4 Å². The van der Waals surface area contributed by atoms with Gasteiger partial charge in [-0.25, -0.2) is 19.1 Å². The molecule has 0 atom stereocenters. The normalized spacial score (nSPS) is 11.1. The minimum absolute atomic E-state index is 0.0478. The average molecular weight is 952 g/mol. The number of benzene rings is 2. The van der Waals surface area contributed by atoms with Gasteiger partial charge in [0.15, 0.2) is 10.2 Å². The highest BCUT2D eigenvalue weighted by atomic mass is 35.5. The van der Waals surface area contributed by atoms with Gasteiger partial charge in [-0.15, -0.1) is 0 Å². The van der Waals surface area contributed by atoms with E-state index in [0.29, 0.717) is 10.7 Å². The van der Waals surface area contributed by atoms with Crippen LogP contribution in [0.15, 0.2) is 47.5 Å². The number of alkyl halides is 3. The summed E-state index contributed by atoms with van der Waals surface area (Å²) in [5.74, 6) is -4.83. The molecule has 2 aromatic heterocycles. The molecule has 0 fully saturated rings. The molecule has 0 spiro atoms. The maximum Gasteiger partial charge on any atom is 0.416 e. The molecular weight excluding hydrogens is 923 g/mol. The molecule has 0 saturated heterocycles. The summed E-state index contributed by atoms with van der Waals surface area (Å²) < 4.78 is 89.9. The Morgan fingerprint density at radius 3 is 2.02 bits per heavy atom. The summed E-state index contributed by atoms with van der Waals surface area (Å²) in [7, 11) is -4.95. The van der Waals surface area contributed by atoms with Gasteiger partial charge in [0, 0.05) is 19.2 Å². The van der Waals surface area contributed by atoms with Crippen molar-refractivity contribution in [2.75, 3.05) is 32.4 Å². The number of amides is 2. The van der Waals surface area contributed by atoms with Crippen LogP contribution in [-0.4, -0.2) is 109 Å². The first-order valence-corrected chi connectivity index (χ1v) is 19.4. The molecular formula is C29H28Cl2F3N8O17PS. The Morgan fingerprint density at radius 1 is 0.967 bits per heavy atom. The minimum Gasteiger partial charge on any atom is -0.481 e. The highest BCUT2D eigenvalue weighted by molar-refractivity contribution is 7.90. The average Bonchev–Trinajstić information content (AvgIpc) is 3.45. The summed E-state index contributed by atoms with van der Waals surface area (Å²) in [4.78, 5) is 77.9. The number of carbonyl (C=O) groups excluding carboxylic acids is 1. The predicted molar refractivity (Wildman–Crippen MR) is 199 cm³/mol. The summed E-state index contributed by atoms with van der Waals surface area (Å²) in [6, 6.07) is 5.33. The maximum atomic E-state index is 12.6. The highest BCUT2D eigenvalue weighted by Gasteiger charge is 2.33. The van der Waals surface area contributed by atoms with Crippen LogP contribution in [0.5, 0.6) is 23.3 Å². The van der Waals surface area contributed by atoms with Gasteiger partial charge in [0.1, 0.15) is 22.6 Å². The number of halogens is 5. The number of carboxylic acid groups (broad SMARTS) is 3. The lowest BCUT2D eigenvalue weighted by Gasteiger charge is -2.11. The molecule has 2 heterocycles. The van der Waals surface area contributed by atoms with Crippen molar-refractivity contribution in [1.82, 2.24) is 29.8 Å². The summed E-state index contributed by atoms with van der Waals surface area (Å²) in [6.45, 7) is -0.439. The second-order valence-corrected chi connectivity index (χ2v) is 14.9. The van der Waals surface area contributed by atoms with Crippen LogP contribution in [0.25, 0.3) is 0 Å². The zero-order valence-corrected chi connectivity index (χ0v) is 33.8. The van der Waals surface area contributed by atoms with E-state index < -0.39 is 98.0 Å². The zero-order chi connectivity index (χ0) is 46.6. The molecule has 8 N–H and O–H groups in total. The number of anilines is 1. The largest absolute Gasteiger partial charge is 0.481 e. The van der Waals surface area contributed by atoms with Crippen LogP contribution in [-0.2, 0) is 32.6 Å². The molecule has 2 amide bonds. The van der Waals surface area contributed by atoms with Crippen LogP contribution in [0, 0.1) is 10.1 Å². The van der Waals surface area contributed by atoms with Crippen LogP contribution in [0.2, 0.25) is 10.2 Å². The molecule has 0 saturated carbocycles. The summed E-state index contributed by atoms with van der Waals surface area (Å²) in [5, 5.41) is 42.8. The summed E-state index contributed by atoms with van der Waals surface area (Å²) in [5.41, 5.74) is -3.03. The van der Waals surface area contributed by atoms with Crippen molar-refractivity contribution in [1.29, 1.82) is 0 Å². The lowest BCUT2D eigenvalue weighted by atomic mass is 10.1. The van der Waals surface area contributed by atoms with Crippen LogP contribution < -0.4 is 29.6 Å². The predicted octanol–water partition coefficient (Wildman–Crippen LogP) is 3.64. The minimum atomic E-state index is -4.64. The van der Waals surface area contributed by atoms with Crippen molar-refractivity contribution >= 4 is 76.4 Å². The fourth-order valence-corrected chi connectivity index (χ4v) is 6.23. The van der Waals surface area contributed by atoms with Crippen molar-refractivity contribution < 1.29 is 89.6 Å². The van der Waals surface area contributed by atoms with Gasteiger partial charge in [0.05, 0.1) is 48.6 Å². The molecule has 0 bridgehead atoms. The summed E-state index contributed by atoms with van der Waals surface area (Å²) >= 11 is 11.4. The topological polar surface area (TPSA) is 371 Å². The van der Waals surface area contributed by atoms with E-state index in [2.05, 4.69) is 25.7 Å². The van der Waals surface area contributed by atoms with Gasteiger partial charge in [0.2, 0.25) is 17.7 Å². The van der Waals surface area contributed by atoms with Gasteiger partial charge in [-0.1, -0.05) is 23.2 Å². The fourth-order valence-electron chi connectivity index (χ4n) is 4.04. The molecule has 0 aliphatic carbocycles. The third-order valence-electron chi connectivity index (χ3n) is 6.45. The molecule has 0 unspecified atom stereocenters. The number of nitrogens with one attached hydrogen (secondary N) is 3. The number of ether oxygens (including phenoxy) is 3. The van der Waals surface area contributed by atoms with Crippen molar-refractivity contribution in [2.24, 2.45) is 7.05 Å². The lowest BCUT2D eigenvalue weighted by Crippen LogP contribution is -2.36. The first-order valence-electron chi connectivity index (χ1n) is 15.4. The van der Waals surface area contributed by atoms with Crippen molar-refractivity contribution in [3.63, 3.8) is 0 Å². The Morgan fingerprint density at radius 2 is 1.56 bits per heavy atom. The second kappa shape index (κ2) is 21.2. The Kier molecular flexibility index (Phi) is 17.7. The van der Waals surface area contributed by atoms with E-state index in [9.17, 15) is 55.4 Å². The van der Waals surface area contributed by atoms with Gasteiger partial charge < -0.3 is 39.3 Å². The zero-order valence-electron chi connectivity index (χ0n) is 30.6. The van der Waals surface area contributed by atoms with Crippen molar-refractivity contribution in [2.45, 2.75) is 11.2 Å². The number of nitro benzene ring substituents is 1. The molecule has 4 rings (SSSR count). The number of urea groups is 1. The van der Waals surface area contributed by atoms with E-state index >= 15 is 0 Å². The van der Waals surface area contributed by atoms with E-state index in [1.807, 2.05) is 0 Å². The highest BCUT2D eigenvalue weighted by Crippen LogP contribution is 2.37. The number of rotatable bonds is 14. The van der Waals surface area contributed by atoms with E-state index in [-0.39, 0.29) is 34.2 Å². The van der Waals surface area contributed by atoms with E-state index in [1.54, 1.807) is 4.72 Å². The molecule has 4 aromatic rings. The fraction of sp³-hybridized carbons (Fsp3) is 0.207. The van der Waals surface area contributed by atoms with Crippen molar-refractivity contribution in [3.8, 4) is 23.3 Å². The number of carboxylic acids is 3. The summed E-state index contributed by atoms with van der Waals surface area (Å²) in [6.07, 6.45) is -5.18. The van der Waals surface area contributed by atoms with E-state index in [0.717, 1.165) is 37.4 Å². The van der Waals surface area contributed by atoms with Gasteiger partial charge in [-0.2, -0.15) is 36.7 Å². The number of methoxy groups -OCH3 is 2. The number of carbonyl (C=O) groups is 4. The molecule has 2 aromatic carbocycles. The van der Waals surface area contributed by atoms with Crippen LogP contribution in [0.4, 0.5) is 29.6 Å². The van der Waals surface area contributed by atoms with Crippen LogP contribution in [0.1, 0.15) is 26.3 Å². The third kappa shape index (κ3) is 15.6. The molecule has 0 radical (unpaired) electrons. The number of aliphatic carboxylic acids is 1. The van der Waals surface area contributed by atoms with Gasteiger partial charge in [-0.3, -0.25) is 34.8 Å². The monoisotopic (exact) mass is 950 g/mol. The van der Waals surface area contributed by atoms with E-state index in [4.69, 9.17) is 62.5 Å². The Balaban J connectivity index is 0.000000346. The van der Waals surface area contributed by atoms with Crippen LogP contribution >= 0.6 is 30.8 Å². The smallest absolute Gasteiger partial charge is 0.416 e. The number of aromatic carboxylic acids is 2. The number of aryl methyl sites for hydroxylation is 1. The SMILES string of the molecule is COc1cc(OC)nc(NC(=O)NS(=O)(=O)c2c(C(=O)O)c(Cl)nn2C)n1.O=C(O)CNCP(=O)(O)O.O=C(O)c1cc(Oc2ccc(C(F)(F)F)cc2Cl)ccc1[N+](=O)[O-]. The molecule has 0 aliphatic rings. The van der Waals surface area contributed by atoms with E-state index in [1.165, 1.54) is 20.3 Å². The number of aromatic nitrogens is 4. The maximum absolute atomic E-state index is 12.6. The Labute approximate surface area is 348 Å². The van der Waals surface area contributed by atoms with Gasteiger partial charge in [0.25, 0.3) is 15.7 Å².